The molecule has 2 aromatic heterocycles. The number of phenols is 3. The summed E-state index contributed by atoms with van der Waals surface area (Å²) in [4.78, 5) is 64.6. The smallest absolute Gasteiger partial charge is 0.343 e. The number of hydrogen-bond donors (Lipinski definition) is 6. The van der Waals surface area contributed by atoms with Crippen molar-refractivity contribution in [3.8, 4) is 64.7 Å². The number of carboxylic acids is 1. The van der Waals surface area contributed by atoms with E-state index >= 15 is 0 Å². The SMILES string of the molecule is C#Cc1ccc(CSc2nc(-c3ccco3)c3c(c2C(=O)O)CCCC3)cc1.CCOC1=C(C#N)C(=O)NC(/C=C/c2ccccc2)O1.COC(=O)COC1=C(C#N)C(=O)NC(c2ccccc2O)S1.Cc1cc2c(c(I)c1O)Oc1c(cc(I)c(O)c1I)C21OC(=O)c2ccccc21. The standard InChI is InChI=1S/C23H19NO3S.C21H11I3O5.C15H14N2O3.C14H12N2O5S/c1-2-15-9-11-16(12-10-15)14-28-22-20(23(25)26)17-6-3-4-7-18(17)21(24-22)19-8-5-13-27-19;1-8-6-11-18(14(23)16(8)25)28-19-12(7-13(22)17(26)15(19)24)21(11)10-5-3-2-4-9(10)20(27)29-21;1-2-19-15-12(10-16)14(18)17-13(20-15)9-8-11-6-4-3-5-7-11;1-20-11(18)7-21-14-9(6-15)12(19)16-13(22-14)8-4-2-3-5-10(8)17/h1,5,8-13H,3-4,6-7,14H2,(H,25,26);2-7,25-26H,1H3;3-9,13H,2H2,1H3,(H,17,18);2-5,13,17H,7H2,1H3,(H,16,19)/b;;9-8+;. The highest BCUT2D eigenvalue weighted by Crippen LogP contribution is 2.60. The number of carbonyl (C=O) groups is 5. The molecule has 5 aliphatic rings. The van der Waals surface area contributed by atoms with E-state index in [1.165, 1.54) is 24.9 Å². The Bertz CT molecular complexity index is 4670. The number of aromatic carboxylic acids is 1. The maximum absolute atomic E-state index is 12.9. The van der Waals surface area contributed by atoms with Crippen LogP contribution in [-0.2, 0) is 62.3 Å². The number of rotatable bonds is 13. The lowest BCUT2D eigenvalue weighted by atomic mass is 9.77. The van der Waals surface area contributed by atoms with Crippen LogP contribution in [0, 0.1) is 52.6 Å². The van der Waals surface area contributed by atoms with Crippen LogP contribution in [0.3, 0.4) is 0 Å². The first-order valence-electron chi connectivity index (χ1n) is 30.1. The molecule has 21 nitrogen and oxygen atoms in total. The number of methoxy groups -OCH3 is 1. The fourth-order valence-corrected chi connectivity index (χ4v) is 15.6. The highest BCUT2D eigenvalue weighted by Gasteiger charge is 2.55. The minimum absolute atomic E-state index is 0.00743. The van der Waals surface area contributed by atoms with Crippen molar-refractivity contribution in [2.24, 2.45) is 0 Å². The van der Waals surface area contributed by atoms with E-state index < -0.39 is 53.5 Å². The van der Waals surface area contributed by atoms with Gasteiger partial charge in [-0.2, -0.15) is 10.5 Å². The summed E-state index contributed by atoms with van der Waals surface area (Å²) in [5, 5.41) is 63.8. The van der Waals surface area contributed by atoms with Gasteiger partial charge in [-0.05, 0) is 190 Å². The summed E-state index contributed by atoms with van der Waals surface area (Å²) in [6, 6.07) is 41.9. The molecule has 1 spiro atoms. The second-order valence-corrected chi connectivity index (χ2v) is 27.1. The fraction of sp³-hybridized carbons (Fsp3) is 0.178. The molecule has 3 atom stereocenters. The number of nitrogens with one attached hydrogen (secondary N) is 2. The number of fused-ring (bicyclic) bond motifs is 7. The number of amides is 2. The number of ether oxygens (including phenoxy) is 6. The average Bonchev–Trinajstić information content (AvgIpc) is 1.65. The Morgan fingerprint density at radius 1 is 0.818 bits per heavy atom. The van der Waals surface area contributed by atoms with Crippen molar-refractivity contribution in [1.29, 1.82) is 10.5 Å². The number of benzene rings is 6. The Morgan fingerprint density at radius 2 is 1.48 bits per heavy atom. The number of hydrogen-bond acceptors (Lipinski definition) is 20. The normalized spacial score (nSPS) is 16.7. The number of aromatic hydroxyl groups is 3. The van der Waals surface area contributed by atoms with Gasteiger partial charge in [-0.1, -0.05) is 103 Å². The van der Waals surface area contributed by atoms with Crippen LogP contribution in [0.15, 0.2) is 171 Å². The van der Waals surface area contributed by atoms with Gasteiger partial charge in [0.05, 0.1) is 47.4 Å². The zero-order valence-corrected chi connectivity index (χ0v) is 60.6. The molecule has 6 aromatic carbocycles. The predicted octanol–water partition coefficient (Wildman–Crippen LogP) is 14.1. The number of esters is 2. The van der Waals surface area contributed by atoms with Crippen LogP contribution in [0.4, 0.5) is 0 Å². The van der Waals surface area contributed by atoms with Gasteiger partial charge in [0.15, 0.2) is 51.9 Å². The first-order chi connectivity index (χ1) is 47.7. The minimum atomic E-state index is -1.22. The maximum atomic E-state index is 12.9. The van der Waals surface area contributed by atoms with Crippen molar-refractivity contribution in [3.63, 3.8) is 0 Å². The van der Waals surface area contributed by atoms with Crippen LogP contribution in [-0.4, -0.2) is 81.7 Å². The third-order valence-electron chi connectivity index (χ3n) is 15.6. The molecule has 13 rings (SSSR count). The molecule has 6 N–H and O–H groups in total. The summed E-state index contributed by atoms with van der Waals surface area (Å²) in [6.45, 7) is 3.47. The molecule has 0 saturated carbocycles. The lowest BCUT2D eigenvalue weighted by Gasteiger charge is -2.38. The molecule has 0 saturated heterocycles. The van der Waals surface area contributed by atoms with Crippen molar-refractivity contribution < 1.29 is 77.2 Å². The largest absolute Gasteiger partial charge is 0.508 e. The minimum Gasteiger partial charge on any atom is -0.508 e. The summed E-state index contributed by atoms with van der Waals surface area (Å²) in [6.07, 6.45) is 13.5. The van der Waals surface area contributed by atoms with E-state index in [0.29, 0.717) is 84.3 Å². The van der Waals surface area contributed by atoms with E-state index in [-0.39, 0.29) is 39.4 Å². The van der Waals surface area contributed by atoms with Gasteiger partial charge in [-0.15, -0.1) is 18.2 Å². The lowest BCUT2D eigenvalue weighted by molar-refractivity contribution is -0.144. The molecular formula is C73H56I3N5O16S2. The molecule has 1 aliphatic carbocycles. The number of halogens is 3. The van der Waals surface area contributed by atoms with E-state index in [0.717, 1.165) is 71.0 Å². The summed E-state index contributed by atoms with van der Waals surface area (Å²) in [5.41, 5.74) is 7.97. The van der Waals surface area contributed by atoms with Crippen molar-refractivity contribution >= 4 is 127 Å². The number of phenolic OH excluding ortho intramolecular Hbond substituents is 3. The Balaban J connectivity index is 0.000000145. The number of para-hydroxylation sites is 1. The van der Waals surface area contributed by atoms with E-state index in [1.54, 1.807) is 80.8 Å². The quantitative estimate of drug-likeness (QED) is 0.0270. The van der Waals surface area contributed by atoms with Gasteiger partial charge in [0.2, 0.25) is 0 Å². The van der Waals surface area contributed by atoms with Crippen LogP contribution in [0.5, 0.6) is 28.7 Å². The van der Waals surface area contributed by atoms with Crippen molar-refractivity contribution in [3.05, 3.63) is 239 Å². The van der Waals surface area contributed by atoms with Crippen LogP contribution >= 0.6 is 91.3 Å². The van der Waals surface area contributed by atoms with Gasteiger partial charge >= 0.3 is 23.9 Å². The molecule has 502 valence electrons. The number of nitrogens with zero attached hydrogens (tertiary/aromatic N) is 3. The molecule has 2 amide bonds. The first-order valence-corrected chi connectivity index (χ1v) is 35.2. The highest BCUT2D eigenvalue weighted by molar-refractivity contribution is 14.1. The van der Waals surface area contributed by atoms with E-state index in [9.17, 15) is 44.4 Å². The molecule has 26 heteroatoms. The van der Waals surface area contributed by atoms with Crippen LogP contribution in [0.1, 0.15) is 101 Å². The predicted molar refractivity (Wildman–Crippen MR) is 390 cm³/mol. The molecular weight excluding hydrogens is 1650 g/mol. The lowest BCUT2D eigenvalue weighted by Crippen LogP contribution is -2.41. The Kier molecular flexibility index (Phi) is 23.6. The van der Waals surface area contributed by atoms with Crippen molar-refractivity contribution in [2.75, 3.05) is 20.3 Å². The fourth-order valence-electron chi connectivity index (χ4n) is 10.9. The first kappa shape index (κ1) is 72.1. The zero-order chi connectivity index (χ0) is 70.7. The van der Waals surface area contributed by atoms with Crippen LogP contribution in [0.2, 0.25) is 0 Å². The Morgan fingerprint density at radius 3 is 2.15 bits per heavy atom. The zero-order valence-electron chi connectivity index (χ0n) is 52.5. The molecule has 0 bridgehead atoms. The van der Waals surface area contributed by atoms with Gasteiger partial charge in [-0.25, -0.2) is 19.4 Å². The van der Waals surface area contributed by atoms with E-state index in [4.69, 9.17) is 50.0 Å². The molecule has 0 fully saturated rings. The molecule has 6 heterocycles. The molecule has 4 aliphatic heterocycles. The monoisotopic (exact) mass is 1700 g/mol. The number of nitriles is 2. The third kappa shape index (κ3) is 15.6. The Hall–Kier alpha value is -9.65. The van der Waals surface area contributed by atoms with Gasteiger partial charge in [-0.3, -0.25) is 9.59 Å². The number of furan rings is 1. The Labute approximate surface area is 617 Å². The molecule has 3 unspecified atom stereocenters. The molecule has 8 aromatic rings. The summed E-state index contributed by atoms with van der Waals surface area (Å²) in [7, 11) is 1.21. The average molecular weight is 1700 g/mol. The van der Waals surface area contributed by atoms with Crippen molar-refractivity contribution in [1.82, 2.24) is 15.6 Å². The van der Waals surface area contributed by atoms with Gasteiger partial charge < -0.3 is 63.9 Å². The van der Waals surface area contributed by atoms with Gasteiger partial charge in [0, 0.05) is 28.0 Å². The molecule has 0 radical (unpaired) electrons. The number of thioether (sulfide) groups is 2. The van der Waals surface area contributed by atoms with Crippen molar-refractivity contribution in [2.45, 2.75) is 67.5 Å². The number of terminal acetylenes is 1. The van der Waals surface area contributed by atoms with E-state index in [2.05, 4.69) is 43.9 Å². The summed E-state index contributed by atoms with van der Waals surface area (Å²) in [5.74, 6) is 1.86. The number of carbonyl (C=O) groups excluding carboxylic acids is 4. The number of pyridine rings is 1. The third-order valence-corrected chi connectivity index (χ3v) is 20.6. The van der Waals surface area contributed by atoms with Crippen LogP contribution < -0.4 is 15.4 Å². The second-order valence-electron chi connectivity index (χ2n) is 21.7. The van der Waals surface area contributed by atoms with E-state index in [1.807, 2.05) is 130 Å². The number of carboxylic acid groups (broad SMARTS) is 1. The number of aromatic nitrogens is 1. The topological polar surface area (TPSA) is 319 Å². The number of aryl methyl sites for hydroxylation is 1. The summed E-state index contributed by atoms with van der Waals surface area (Å²) >= 11 is 8.58. The summed E-state index contributed by atoms with van der Waals surface area (Å²) < 4.78 is 39.9. The second kappa shape index (κ2) is 32.4. The van der Waals surface area contributed by atoms with Crippen LogP contribution in [0.25, 0.3) is 17.5 Å². The van der Waals surface area contributed by atoms with Gasteiger partial charge in [0.1, 0.15) is 45.5 Å². The molecule has 99 heavy (non-hydrogen) atoms. The highest BCUT2D eigenvalue weighted by atomic mass is 127. The maximum Gasteiger partial charge on any atom is 0.343 e. The van der Waals surface area contributed by atoms with Gasteiger partial charge in [0.25, 0.3) is 11.8 Å².